The molecular weight excluding hydrogens is 657 g/mol. The second-order valence-electron chi connectivity index (χ2n) is 14.8. The van der Waals surface area contributed by atoms with Gasteiger partial charge in [0.25, 0.3) is 0 Å². The molecule has 0 saturated carbocycles. The number of hydrogen-bond donors (Lipinski definition) is 0. The summed E-state index contributed by atoms with van der Waals surface area (Å²) < 4.78 is 5.04. The SMILES string of the molecule is C1=CC(C2CC(n3c4ccccc4c4c3c3ccccc3c3c5cccc6c7ccccc7n(c65)c34)=NC(c3ccccc3)=N2)CC=C1c1ccccc1. The van der Waals surface area contributed by atoms with Gasteiger partial charge in [0.05, 0.1) is 33.6 Å². The molecule has 54 heavy (non-hydrogen) atoms. The summed E-state index contributed by atoms with van der Waals surface area (Å²) in [5, 5.41) is 10.2. The van der Waals surface area contributed by atoms with Crippen molar-refractivity contribution >= 4 is 87.9 Å². The summed E-state index contributed by atoms with van der Waals surface area (Å²) in [6.45, 7) is 0. The molecule has 0 bridgehead atoms. The van der Waals surface area contributed by atoms with E-state index in [2.05, 4.69) is 179 Å². The molecule has 10 aromatic rings. The van der Waals surface area contributed by atoms with Crippen molar-refractivity contribution in [2.75, 3.05) is 0 Å². The third-order valence-corrected chi connectivity index (χ3v) is 11.9. The van der Waals surface area contributed by atoms with Crippen LogP contribution in [-0.2, 0) is 0 Å². The number of fused-ring (bicyclic) bond motifs is 13. The van der Waals surface area contributed by atoms with Gasteiger partial charge in [-0.25, -0.2) is 4.99 Å². The normalized spacial score (nSPS) is 17.7. The number of para-hydroxylation sites is 3. The topological polar surface area (TPSA) is 34.1 Å². The number of nitrogens with zero attached hydrogens (tertiary/aromatic N) is 4. The Balaban J connectivity index is 1.15. The highest BCUT2D eigenvalue weighted by Crippen LogP contribution is 2.48. The van der Waals surface area contributed by atoms with Gasteiger partial charge in [-0.15, -0.1) is 0 Å². The van der Waals surface area contributed by atoms with E-state index in [4.69, 9.17) is 9.98 Å². The summed E-state index contributed by atoms with van der Waals surface area (Å²) in [5.74, 6) is 2.09. The zero-order chi connectivity index (χ0) is 35.3. The number of aromatic nitrogens is 2. The maximum Gasteiger partial charge on any atom is 0.156 e. The van der Waals surface area contributed by atoms with Gasteiger partial charge in [0.15, 0.2) is 5.84 Å². The summed E-state index contributed by atoms with van der Waals surface area (Å²) >= 11 is 0. The van der Waals surface area contributed by atoms with Crippen molar-refractivity contribution in [3.8, 4) is 0 Å². The van der Waals surface area contributed by atoms with E-state index < -0.39 is 0 Å². The lowest BCUT2D eigenvalue weighted by Gasteiger charge is -2.28. The first-order chi connectivity index (χ1) is 26.8. The van der Waals surface area contributed by atoms with Crippen LogP contribution in [0.1, 0.15) is 24.0 Å². The molecule has 4 heterocycles. The minimum absolute atomic E-state index is 0.0340. The fourth-order valence-electron chi connectivity index (χ4n) is 9.58. The van der Waals surface area contributed by atoms with Crippen molar-refractivity contribution in [2.24, 2.45) is 15.9 Å². The summed E-state index contributed by atoms with van der Waals surface area (Å²) in [6, 6.07) is 54.9. The third kappa shape index (κ3) is 4.14. The van der Waals surface area contributed by atoms with Crippen LogP contribution in [0.15, 0.2) is 180 Å². The average Bonchev–Trinajstić information content (AvgIpc) is 3.90. The van der Waals surface area contributed by atoms with Gasteiger partial charge >= 0.3 is 0 Å². The Bertz CT molecular complexity index is 3260. The molecule has 1 aliphatic carbocycles. The molecule has 0 saturated heterocycles. The van der Waals surface area contributed by atoms with Gasteiger partial charge in [0, 0.05) is 55.6 Å². The predicted molar refractivity (Wildman–Crippen MR) is 227 cm³/mol. The van der Waals surface area contributed by atoms with Crippen LogP contribution < -0.4 is 0 Å². The molecule has 2 aliphatic rings. The smallest absolute Gasteiger partial charge is 0.156 e. The van der Waals surface area contributed by atoms with E-state index in [-0.39, 0.29) is 12.0 Å². The molecular formula is C50H34N4. The Morgan fingerprint density at radius 2 is 1.13 bits per heavy atom. The van der Waals surface area contributed by atoms with Crippen LogP contribution in [0.4, 0.5) is 0 Å². The van der Waals surface area contributed by atoms with Crippen molar-refractivity contribution in [2.45, 2.75) is 18.9 Å². The van der Waals surface area contributed by atoms with Gasteiger partial charge in [-0.2, -0.15) is 0 Å². The first-order valence-electron chi connectivity index (χ1n) is 19.0. The highest BCUT2D eigenvalue weighted by molar-refractivity contribution is 6.40. The zero-order valence-corrected chi connectivity index (χ0v) is 29.5. The first-order valence-corrected chi connectivity index (χ1v) is 19.0. The van der Waals surface area contributed by atoms with Gasteiger partial charge < -0.3 is 4.40 Å². The van der Waals surface area contributed by atoms with E-state index in [0.717, 1.165) is 30.1 Å². The van der Waals surface area contributed by atoms with E-state index in [1.165, 1.54) is 81.8 Å². The van der Waals surface area contributed by atoms with Gasteiger partial charge in [-0.1, -0.05) is 158 Å². The highest BCUT2D eigenvalue weighted by atomic mass is 15.1. The Morgan fingerprint density at radius 3 is 1.91 bits per heavy atom. The molecule has 254 valence electrons. The molecule has 0 radical (unpaired) electrons. The largest absolute Gasteiger partial charge is 0.307 e. The summed E-state index contributed by atoms with van der Waals surface area (Å²) in [7, 11) is 0. The van der Waals surface area contributed by atoms with Crippen molar-refractivity contribution < 1.29 is 0 Å². The van der Waals surface area contributed by atoms with Crippen LogP contribution in [0.2, 0.25) is 0 Å². The fourth-order valence-corrected chi connectivity index (χ4v) is 9.58. The standard InChI is InChI=1S/C50H34N4/c1-3-14-31(15-4-1)32-26-28-33(29-27-32)41-30-44(52-50(51-41)34-16-5-2-6-17-34)53-43-25-12-10-21-39(43)46-48(53)38-20-8-7-19-36(38)45-40-23-13-22-37-35-18-9-11-24-42(35)54(47(37)40)49(45)46/h1-28,33,41H,29-30H2. The monoisotopic (exact) mass is 690 g/mol. The maximum atomic E-state index is 5.50. The quantitative estimate of drug-likeness (QED) is 0.177. The molecule has 0 N–H and O–H groups in total. The molecule has 3 aromatic heterocycles. The molecule has 1 aliphatic heterocycles. The van der Waals surface area contributed by atoms with Gasteiger partial charge in [0.2, 0.25) is 0 Å². The van der Waals surface area contributed by atoms with Crippen molar-refractivity contribution in [1.29, 1.82) is 0 Å². The van der Waals surface area contributed by atoms with Gasteiger partial charge in [-0.3, -0.25) is 9.56 Å². The molecule has 12 rings (SSSR count). The second kappa shape index (κ2) is 11.4. The summed E-state index contributed by atoms with van der Waals surface area (Å²) in [6.07, 6.45) is 8.73. The molecule has 4 heteroatoms. The van der Waals surface area contributed by atoms with Crippen LogP contribution in [0.5, 0.6) is 0 Å². The lowest BCUT2D eigenvalue weighted by atomic mass is 9.86. The van der Waals surface area contributed by atoms with E-state index in [1.54, 1.807) is 0 Å². The number of aliphatic imine (C=N–C) groups is 2. The van der Waals surface area contributed by atoms with Gasteiger partial charge in [-0.05, 0) is 35.1 Å². The van der Waals surface area contributed by atoms with E-state index in [0.29, 0.717) is 0 Å². The van der Waals surface area contributed by atoms with E-state index in [9.17, 15) is 0 Å². The number of rotatable bonds is 3. The first kappa shape index (κ1) is 29.8. The van der Waals surface area contributed by atoms with E-state index in [1.807, 2.05) is 0 Å². The molecule has 0 amide bonds. The Hall–Kier alpha value is -6.78. The average molecular weight is 691 g/mol. The second-order valence-corrected chi connectivity index (χ2v) is 14.8. The van der Waals surface area contributed by atoms with Crippen LogP contribution in [0.3, 0.4) is 0 Å². The predicted octanol–water partition coefficient (Wildman–Crippen LogP) is 12.2. The minimum atomic E-state index is 0.0340. The number of hydrogen-bond acceptors (Lipinski definition) is 2. The van der Waals surface area contributed by atoms with Crippen molar-refractivity contribution in [3.63, 3.8) is 0 Å². The fraction of sp³-hybridized carbons (Fsp3) is 0.0800. The Labute approximate surface area is 311 Å². The Morgan fingerprint density at radius 1 is 0.500 bits per heavy atom. The lowest BCUT2D eigenvalue weighted by molar-refractivity contribution is 0.512. The number of amidine groups is 1. The minimum Gasteiger partial charge on any atom is -0.307 e. The van der Waals surface area contributed by atoms with E-state index >= 15 is 0 Å². The van der Waals surface area contributed by atoms with Gasteiger partial charge in [0.1, 0.15) is 5.84 Å². The highest BCUT2D eigenvalue weighted by Gasteiger charge is 2.31. The molecule has 2 unspecified atom stereocenters. The van der Waals surface area contributed by atoms with Crippen molar-refractivity contribution in [1.82, 2.24) is 8.97 Å². The van der Waals surface area contributed by atoms with Crippen LogP contribution in [0.25, 0.3) is 76.2 Å². The molecule has 0 spiro atoms. The zero-order valence-electron chi connectivity index (χ0n) is 29.5. The van der Waals surface area contributed by atoms with Crippen LogP contribution >= 0.6 is 0 Å². The van der Waals surface area contributed by atoms with Crippen LogP contribution in [-0.4, -0.2) is 26.7 Å². The van der Waals surface area contributed by atoms with Crippen molar-refractivity contribution in [3.05, 3.63) is 181 Å². The number of allylic oxidation sites excluding steroid dienone is 3. The maximum absolute atomic E-state index is 5.50. The molecule has 7 aromatic carbocycles. The third-order valence-electron chi connectivity index (χ3n) is 11.9. The Kier molecular flexibility index (Phi) is 6.26. The summed E-state index contributed by atoms with van der Waals surface area (Å²) in [5.41, 5.74) is 9.77. The summed E-state index contributed by atoms with van der Waals surface area (Å²) in [4.78, 5) is 10.9. The van der Waals surface area contributed by atoms with Crippen LogP contribution in [0, 0.1) is 5.92 Å². The lowest BCUT2D eigenvalue weighted by Crippen LogP contribution is -2.30. The molecule has 4 nitrogen and oxygen atoms in total. The number of benzene rings is 7. The molecule has 2 atom stereocenters. The molecule has 0 fully saturated rings.